The lowest BCUT2D eigenvalue weighted by Gasteiger charge is -2.27. The first-order valence-corrected chi connectivity index (χ1v) is 8.64. The molecule has 0 aliphatic carbocycles. The van der Waals surface area contributed by atoms with Crippen molar-refractivity contribution in [3.05, 3.63) is 41.6 Å². The first-order valence-electron chi connectivity index (χ1n) is 8.64. The summed E-state index contributed by atoms with van der Waals surface area (Å²) in [5, 5.41) is 11.1. The van der Waals surface area contributed by atoms with Crippen LogP contribution in [0.1, 0.15) is 35.8 Å². The van der Waals surface area contributed by atoms with Gasteiger partial charge in [-0.15, -0.1) is 0 Å². The van der Waals surface area contributed by atoms with E-state index in [0.717, 1.165) is 31.2 Å². The lowest BCUT2D eigenvalue weighted by molar-refractivity contribution is 0.100. The number of hydrogen-bond donors (Lipinski definition) is 3. The molecular formula is C18H25N5O2. The minimum atomic E-state index is -0.451. The summed E-state index contributed by atoms with van der Waals surface area (Å²) >= 11 is 0. The minimum Gasteiger partial charge on any atom is -0.494 e. The number of nitrogens with one attached hydrogen (secondary N) is 2. The molecule has 25 heavy (non-hydrogen) atoms. The molecule has 2 heterocycles. The average molecular weight is 343 g/mol. The highest BCUT2D eigenvalue weighted by molar-refractivity contribution is 5.97. The molecule has 0 bridgehead atoms. The molecule has 134 valence electrons. The summed E-state index contributed by atoms with van der Waals surface area (Å²) in [6.45, 7) is 7.18. The molecule has 1 amide bonds. The molecule has 0 saturated heterocycles. The Balaban J connectivity index is 1.57. The first kappa shape index (κ1) is 17.3. The Labute approximate surface area is 147 Å². The summed E-state index contributed by atoms with van der Waals surface area (Å²) in [6.07, 6.45) is 1.53. The maximum atomic E-state index is 11.4. The SMILES string of the molecule is CCOc1cccc([C@@H](C)NC[C@H]2CNc3c(C(N)=O)cnn3C2)c1. The number of hydrogen-bond acceptors (Lipinski definition) is 5. The van der Waals surface area contributed by atoms with Crippen LogP contribution < -0.4 is 21.1 Å². The third-order valence-electron chi connectivity index (χ3n) is 4.48. The quantitative estimate of drug-likeness (QED) is 0.712. The summed E-state index contributed by atoms with van der Waals surface area (Å²) in [4.78, 5) is 11.4. The molecule has 1 aliphatic rings. The molecular weight excluding hydrogens is 318 g/mol. The highest BCUT2D eigenvalue weighted by Gasteiger charge is 2.23. The number of ether oxygens (including phenoxy) is 1. The number of amides is 1. The van der Waals surface area contributed by atoms with E-state index in [1.54, 1.807) is 0 Å². The van der Waals surface area contributed by atoms with Crippen molar-refractivity contribution in [2.75, 3.05) is 25.0 Å². The predicted octanol–water partition coefficient (Wildman–Crippen LogP) is 1.77. The van der Waals surface area contributed by atoms with Crippen molar-refractivity contribution < 1.29 is 9.53 Å². The normalized spacial score (nSPS) is 17.4. The molecule has 2 aromatic rings. The molecule has 2 atom stereocenters. The van der Waals surface area contributed by atoms with Crippen molar-refractivity contribution >= 4 is 11.7 Å². The van der Waals surface area contributed by atoms with E-state index < -0.39 is 5.91 Å². The van der Waals surface area contributed by atoms with Gasteiger partial charge in [0.05, 0.1) is 12.8 Å². The fourth-order valence-corrected chi connectivity index (χ4v) is 3.08. The molecule has 0 fully saturated rings. The average Bonchev–Trinajstić information content (AvgIpc) is 3.03. The number of fused-ring (bicyclic) bond motifs is 1. The fraction of sp³-hybridized carbons (Fsp3) is 0.444. The van der Waals surface area contributed by atoms with E-state index >= 15 is 0 Å². The van der Waals surface area contributed by atoms with Gasteiger partial charge >= 0.3 is 0 Å². The summed E-state index contributed by atoms with van der Waals surface area (Å²) in [5.41, 5.74) is 7.01. The largest absolute Gasteiger partial charge is 0.494 e. The molecule has 4 N–H and O–H groups in total. The third-order valence-corrected chi connectivity index (χ3v) is 4.48. The summed E-state index contributed by atoms with van der Waals surface area (Å²) in [6, 6.07) is 8.39. The zero-order chi connectivity index (χ0) is 17.8. The lowest BCUT2D eigenvalue weighted by Crippen LogP contribution is -2.36. The van der Waals surface area contributed by atoms with Crippen molar-refractivity contribution in [3.8, 4) is 5.75 Å². The Morgan fingerprint density at radius 2 is 2.40 bits per heavy atom. The van der Waals surface area contributed by atoms with Crippen LogP contribution in [0.25, 0.3) is 0 Å². The summed E-state index contributed by atoms with van der Waals surface area (Å²) in [5.74, 6) is 1.55. The zero-order valence-corrected chi connectivity index (χ0v) is 14.7. The number of carbonyl (C=O) groups excluding carboxylic acids is 1. The van der Waals surface area contributed by atoms with Gasteiger partial charge in [-0.2, -0.15) is 5.10 Å². The molecule has 7 nitrogen and oxygen atoms in total. The topological polar surface area (TPSA) is 94.2 Å². The highest BCUT2D eigenvalue weighted by Crippen LogP contribution is 2.23. The van der Waals surface area contributed by atoms with Gasteiger partial charge in [-0.3, -0.25) is 4.79 Å². The standard InChI is InChI=1S/C18H25N5O2/c1-3-25-15-6-4-5-14(7-15)12(2)20-8-13-9-21-18-16(17(19)24)10-22-23(18)11-13/h4-7,10,12-13,20-21H,3,8-9,11H2,1-2H3,(H2,19,24)/t12-,13+/m1/s1. The Hall–Kier alpha value is -2.54. The Bertz CT molecular complexity index is 743. The second-order valence-corrected chi connectivity index (χ2v) is 6.34. The summed E-state index contributed by atoms with van der Waals surface area (Å²) in [7, 11) is 0. The number of carbonyl (C=O) groups is 1. The van der Waals surface area contributed by atoms with Crippen LogP contribution in [0.4, 0.5) is 5.82 Å². The Morgan fingerprint density at radius 1 is 1.56 bits per heavy atom. The second-order valence-electron chi connectivity index (χ2n) is 6.34. The van der Waals surface area contributed by atoms with Gasteiger partial charge in [0, 0.05) is 31.6 Å². The third kappa shape index (κ3) is 3.93. The van der Waals surface area contributed by atoms with Gasteiger partial charge in [0.1, 0.15) is 17.1 Å². The lowest BCUT2D eigenvalue weighted by atomic mass is 10.0. The predicted molar refractivity (Wildman–Crippen MR) is 96.8 cm³/mol. The second kappa shape index (κ2) is 7.57. The maximum absolute atomic E-state index is 11.4. The number of aromatic nitrogens is 2. The molecule has 1 aromatic heterocycles. The van der Waals surface area contributed by atoms with Crippen molar-refractivity contribution in [2.24, 2.45) is 11.7 Å². The number of nitrogens with zero attached hydrogens (tertiary/aromatic N) is 2. The van der Waals surface area contributed by atoms with Crippen molar-refractivity contribution in [1.29, 1.82) is 0 Å². The zero-order valence-electron chi connectivity index (χ0n) is 14.7. The first-order chi connectivity index (χ1) is 12.1. The molecule has 0 unspecified atom stereocenters. The summed E-state index contributed by atoms with van der Waals surface area (Å²) < 4.78 is 7.38. The van der Waals surface area contributed by atoms with Gasteiger partial charge in [0.15, 0.2) is 0 Å². The van der Waals surface area contributed by atoms with Crippen molar-refractivity contribution in [2.45, 2.75) is 26.4 Å². The number of anilines is 1. The Kier molecular flexibility index (Phi) is 5.23. The van der Waals surface area contributed by atoms with E-state index in [-0.39, 0.29) is 6.04 Å². The van der Waals surface area contributed by atoms with E-state index in [4.69, 9.17) is 10.5 Å². The smallest absolute Gasteiger partial charge is 0.254 e. The van der Waals surface area contributed by atoms with Gasteiger partial charge in [0.2, 0.25) is 0 Å². The molecule has 7 heteroatoms. The Morgan fingerprint density at radius 3 is 3.16 bits per heavy atom. The van der Waals surface area contributed by atoms with Crippen LogP contribution in [-0.4, -0.2) is 35.4 Å². The monoisotopic (exact) mass is 343 g/mol. The molecule has 1 aromatic carbocycles. The van der Waals surface area contributed by atoms with Gasteiger partial charge in [0.25, 0.3) is 5.91 Å². The van der Waals surface area contributed by atoms with E-state index in [0.29, 0.717) is 18.1 Å². The molecule has 0 spiro atoms. The maximum Gasteiger partial charge on any atom is 0.254 e. The van der Waals surface area contributed by atoms with Gasteiger partial charge < -0.3 is 21.1 Å². The number of benzene rings is 1. The van der Waals surface area contributed by atoms with Crippen LogP contribution in [0.5, 0.6) is 5.75 Å². The van der Waals surface area contributed by atoms with E-state index in [2.05, 4.69) is 34.8 Å². The highest BCUT2D eigenvalue weighted by atomic mass is 16.5. The van der Waals surface area contributed by atoms with Crippen LogP contribution in [0.3, 0.4) is 0 Å². The van der Waals surface area contributed by atoms with Gasteiger partial charge in [-0.25, -0.2) is 4.68 Å². The van der Waals surface area contributed by atoms with Crippen LogP contribution in [0.2, 0.25) is 0 Å². The number of nitrogens with two attached hydrogens (primary N) is 1. The fourth-order valence-electron chi connectivity index (χ4n) is 3.08. The van der Waals surface area contributed by atoms with Crippen molar-refractivity contribution in [1.82, 2.24) is 15.1 Å². The van der Waals surface area contributed by atoms with Crippen LogP contribution in [0.15, 0.2) is 30.5 Å². The van der Waals surface area contributed by atoms with Crippen LogP contribution >= 0.6 is 0 Å². The number of rotatable bonds is 7. The van der Waals surface area contributed by atoms with E-state index in [9.17, 15) is 4.79 Å². The van der Waals surface area contributed by atoms with Gasteiger partial charge in [-0.1, -0.05) is 12.1 Å². The number of primary amides is 1. The molecule has 3 rings (SSSR count). The van der Waals surface area contributed by atoms with Gasteiger partial charge in [-0.05, 0) is 31.5 Å². The van der Waals surface area contributed by atoms with E-state index in [1.807, 2.05) is 23.7 Å². The minimum absolute atomic E-state index is 0.223. The van der Waals surface area contributed by atoms with Crippen LogP contribution in [-0.2, 0) is 6.54 Å². The van der Waals surface area contributed by atoms with Crippen molar-refractivity contribution in [3.63, 3.8) is 0 Å². The molecule has 0 radical (unpaired) electrons. The molecule has 1 aliphatic heterocycles. The molecule has 0 saturated carbocycles. The van der Waals surface area contributed by atoms with E-state index in [1.165, 1.54) is 11.8 Å². The van der Waals surface area contributed by atoms with Crippen LogP contribution in [0, 0.1) is 5.92 Å².